The summed E-state index contributed by atoms with van der Waals surface area (Å²) in [5.74, 6) is 0.0972. The van der Waals surface area contributed by atoms with Gasteiger partial charge in [0.05, 0.1) is 12.6 Å². The summed E-state index contributed by atoms with van der Waals surface area (Å²) in [7, 11) is 0. The summed E-state index contributed by atoms with van der Waals surface area (Å²) in [6, 6.07) is 9.81. The second-order valence-corrected chi connectivity index (χ2v) is 5.16. The number of amides is 1. The van der Waals surface area contributed by atoms with Gasteiger partial charge in [-0.05, 0) is 12.0 Å². The number of benzene rings is 1. The van der Waals surface area contributed by atoms with Gasteiger partial charge in [0.1, 0.15) is 0 Å². The molecule has 0 bridgehead atoms. The molecule has 1 aliphatic rings. The van der Waals surface area contributed by atoms with E-state index in [4.69, 9.17) is 0 Å². The van der Waals surface area contributed by atoms with Gasteiger partial charge in [-0.1, -0.05) is 30.3 Å². The van der Waals surface area contributed by atoms with E-state index in [-0.39, 0.29) is 23.8 Å². The molecular formula is C13H17NO2S. The number of likely N-dealkylation sites (tertiary alicyclic amines) is 1. The van der Waals surface area contributed by atoms with E-state index in [1.807, 2.05) is 30.3 Å². The van der Waals surface area contributed by atoms with Gasteiger partial charge in [-0.15, -0.1) is 0 Å². The molecule has 1 aromatic carbocycles. The van der Waals surface area contributed by atoms with Crippen molar-refractivity contribution in [2.45, 2.75) is 24.1 Å². The topological polar surface area (TPSA) is 40.5 Å². The van der Waals surface area contributed by atoms with Crippen LogP contribution in [-0.4, -0.2) is 40.4 Å². The number of hydrogen-bond acceptors (Lipinski definition) is 3. The fraction of sp³-hybridized carbons (Fsp3) is 0.462. The molecule has 4 heteroatoms. The number of aliphatic hydroxyl groups is 1. The fourth-order valence-electron chi connectivity index (χ4n) is 2.22. The summed E-state index contributed by atoms with van der Waals surface area (Å²) in [4.78, 5) is 13.5. The Morgan fingerprint density at radius 3 is 2.65 bits per heavy atom. The predicted molar refractivity (Wildman–Crippen MR) is 70.1 cm³/mol. The lowest BCUT2D eigenvalue weighted by Gasteiger charge is -2.26. The van der Waals surface area contributed by atoms with Crippen molar-refractivity contribution in [3.05, 3.63) is 35.9 Å². The van der Waals surface area contributed by atoms with E-state index in [1.165, 1.54) is 0 Å². The molecule has 1 aliphatic heterocycles. The van der Waals surface area contributed by atoms with Crippen molar-refractivity contribution < 1.29 is 9.90 Å². The molecule has 1 amide bonds. The molecule has 3 nitrogen and oxygen atoms in total. The molecule has 1 saturated heterocycles. The first kappa shape index (κ1) is 12.5. The van der Waals surface area contributed by atoms with Gasteiger partial charge >= 0.3 is 0 Å². The minimum atomic E-state index is -0.123. The Morgan fingerprint density at radius 2 is 2.12 bits per heavy atom. The van der Waals surface area contributed by atoms with Crippen molar-refractivity contribution in [1.29, 1.82) is 0 Å². The SMILES string of the molecule is O=C1CC(S)CN1C(CO)Cc1ccccc1. The molecule has 0 saturated carbocycles. The van der Waals surface area contributed by atoms with Gasteiger partial charge in [-0.3, -0.25) is 4.79 Å². The summed E-state index contributed by atoms with van der Waals surface area (Å²) in [6.45, 7) is 0.640. The highest BCUT2D eigenvalue weighted by atomic mass is 32.1. The highest BCUT2D eigenvalue weighted by Crippen LogP contribution is 2.20. The first-order valence-corrected chi connectivity index (χ1v) is 6.34. The Kier molecular flexibility index (Phi) is 4.07. The van der Waals surface area contributed by atoms with Crippen molar-refractivity contribution in [2.75, 3.05) is 13.2 Å². The van der Waals surface area contributed by atoms with Crippen LogP contribution in [-0.2, 0) is 11.2 Å². The summed E-state index contributed by atoms with van der Waals surface area (Å²) >= 11 is 4.33. The molecule has 2 unspecified atom stereocenters. The Labute approximate surface area is 107 Å². The molecule has 0 aromatic heterocycles. The average molecular weight is 251 g/mol. The minimum absolute atomic E-state index is 0.00112. The van der Waals surface area contributed by atoms with E-state index in [1.54, 1.807) is 4.90 Å². The third-order valence-electron chi connectivity index (χ3n) is 3.10. The van der Waals surface area contributed by atoms with Crippen LogP contribution in [0.25, 0.3) is 0 Å². The molecule has 0 aliphatic carbocycles. The lowest BCUT2D eigenvalue weighted by molar-refractivity contribution is -0.130. The van der Waals surface area contributed by atoms with Crippen LogP contribution in [0.2, 0.25) is 0 Å². The van der Waals surface area contributed by atoms with Crippen LogP contribution in [0.1, 0.15) is 12.0 Å². The Bertz CT molecular complexity index is 382. The summed E-state index contributed by atoms with van der Waals surface area (Å²) in [6.07, 6.45) is 1.18. The largest absolute Gasteiger partial charge is 0.394 e. The smallest absolute Gasteiger partial charge is 0.224 e. The third-order valence-corrected chi connectivity index (χ3v) is 3.45. The highest BCUT2D eigenvalue weighted by Gasteiger charge is 2.32. The summed E-state index contributed by atoms with van der Waals surface area (Å²) in [5, 5.41) is 9.54. The second-order valence-electron chi connectivity index (χ2n) is 4.43. The third kappa shape index (κ3) is 3.01. The van der Waals surface area contributed by atoms with Crippen molar-refractivity contribution in [2.24, 2.45) is 0 Å². The molecule has 2 rings (SSSR count). The zero-order valence-electron chi connectivity index (χ0n) is 9.62. The summed E-state index contributed by atoms with van der Waals surface area (Å²) in [5.41, 5.74) is 1.14. The average Bonchev–Trinajstić information content (AvgIpc) is 2.67. The van der Waals surface area contributed by atoms with E-state index in [2.05, 4.69) is 12.6 Å². The normalized spacial score (nSPS) is 21.9. The highest BCUT2D eigenvalue weighted by molar-refractivity contribution is 7.81. The van der Waals surface area contributed by atoms with Gasteiger partial charge in [-0.2, -0.15) is 12.6 Å². The molecular weight excluding hydrogens is 234 g/mol. The number of rotatable bonds is 4. The van der Waals surface area contributed by atoms with E-state index in [0.29, 0.717) is 19.4 Å². The fourth-order valence-corrected chi connectivity index (χ4v) is 2.56. The maximum absolute atomic E-state index is 11.7. The quantitative estimate of drug-likeness (QED) is 0.787. The maximum Gasteiger partial charge on any atom is 0.224 e. The Morgan fingerprint density at radius 1 is 1.41 bits per heavy atom. The van der Waals surface area contributed by atoms with Crippen LogP contribution in [0.3, 0.4) is 0 Å². The van der Waals surface area contributed by atoms with Crippen molar-refractivity contribution >= 4 is 18.5 Å². The van der Waals surface area contributed by atoms with Crippen LogP contribution < -0.4 is 0 Å². The Hall–Kier alpha value is -1.00. The first-order valence-electron chi connectivity index (χ1n) is 5.83. The minimum Gasteiger partial charge on any atom is -0.394 e. The molecule has 2 atom stereocenters. The molecule has 1 heterocycles. The molecule has 0 radical (unpaired) electrons. The van der Waals surface area contributed by atoms with E-state index in [9.17, 15) is 9.90 Å². The van der Waals surface area contributed by atoms with E-state index < -0.39 is 0 Å². The molecule has 0 spiro atoms. The molecule has 1 fully saturated rings. The van der Waals surface area contributed by atoms with Crippen LogP contribution in [0.15, 0.2) is 30.3 Å². The van der Waals surface area contributed by atoms with Gasteiger partial charge in [0, 0.05) is 18.2 Å². The maximum atomic E-state index is 11.7. The summed E-state index contributed by atoms with van der Waals surface area (Å²) < 4.78 is 0. The molecule has 1 N–H and O–H groups in total. The Balaban J connectivity index is 2.04. The lowest BCUT2D eigenvalue weighted by Crippen LogP contribution is -2.40. The van der Waals surface area contributed by atoms with Crippen molar-refractivity contribution in [1.82, 2.24) is 4.90 Å². The zero-order chi connectivity index (χ0) is 12.3. The van der Waals surface area contributed by atoms with Crippen LogP contribution in [0.4, 0.5) is 0 Å². The van der Waals surface area contributed by atoms with Gasteiger partial charge in [0.25, 0.3) is 0 Å². The van der Waals surface area contributed by atoms with Crippen molar-refractivity contribution in [3.63, 3.8) is 0 Å². The number of nitrogens with zero attached hydrogens (tertiary/aromatic N) is 1. The van der Waals surface area contributed by atoms with E-state index >= 15 is 0 Å². The molecule has 92 valence electrons. The number of thiol groups is 1. The monoisotopic (exact) mass is 251 g/mol. The van der Waals surface area contributed by atoms with Gasteiger partial charge in [0.2, 0.25) is 5.91 Å². The van der Waals surface area contributed by atoms with Gasteiger partial charge in [-0.25, -0.2) is 0 Å². The first-order chi connectivity index (χ1) is 8.20. The molecule has 17 heavy (non-hydrogen) atoms. The number of carbonyl (C=O) groups excluding carboxylic acids is 1. The second kappa shape index (κ2) is 5.56. The molecule has 1 aromatic rings. The lowest BCUT2D eigenvalue weighted by atomic mass is 10.1. The number of carbonyl (C=O) groups is 1. The predicted octanol–water partition coefficient (Wildman–Crippen LogP) is 1.12. The van der Waals surface area contributed by atoms with E-state index in [0.717, 1.165) is 5.56 Å². The number of hydrogen-bond donors (Lipinski definition) is 2. The van der Waals surface area contributed by atoms with Crippen molar-refractivity contribution in [3.8, 4) is 0 Å². The van der Waals surface area contributed by atoms with Crippen LogP contribution in [0, 0.1) is 0 Å². The van der Waals surface area contributed by atoms with Crippen LogP contribution in [0.5, 0.6) is 0 Å². The standard InChI is InChI=1S/C13H17NO2S/c15-9-11(6-10-4-2-1-3-5-10)14-8-12(17)7-13(14)16/h1-5,11-12,15,17H,6-9H2. The van der Waals surface area contributed by atoms with Gasteiger partial charge < -0.3 is 10.0 Å². The van der Waals surface area contributed by atoms with Gasteiger partial charge in [0.15, 0.2) is 0 Å². The van der Waals surface area contributed by atoms with Crippen LogP contribution >= 0.6 is 12.6 Å². The zero-order valence-corrected chi connectivity index (χ0v) is 10.5. The number of aliphatic hydroxyl groups excluding tert-OH is 1.